The minimum Gasteiger partial charge on any atom is -0.482 e. The Balaban J connectivity index is 1.70. The van der Waals surface area contributed by atoms with Crippen LogP contribution in [0.2, 0.25) is 0 Å². The Morgan fingerprint density at radius 1 is 1.04 bits per heavy atom. The minimum atomic E-state index is -0.239. The number of carbonyl (C=O) groups excluding carboxylic acids is 2. The highest BCUT2D eigenvalue weighted by Crippen LogP contribution is 2.27. The molecular weight excluding hydrogens is 372 g/mol. The van der Waals surface area contributed by atoms with Gasteiger partial charge in [0, 0.05) is 11.8 Å². The maximum atomic E-state index is 12.6. The molecule has 0 bridgehead atoms. The fourth-order valence-electron chi connectivity index (χ4n) is 2.76. The quantitative estimate of drug-likeness (QED) is 0.628. The van der Waals surface area contributed by atoms with Crippen LogP contribution >= 0.6 is 11.3 Å². The Kier molecular flexibility index (Phi) is 6.45. The fourth-order valence-corrected chi connectivity index (χ4v) is 3.57. The molecule has 0 unspecified atom stereocenters. The van der Waals surface area contributed by atoms with Crippen molar-refractivity contribution in [1.82, 2.24) is 5.32 Å². The topological polar surface area (TPSA) is 67.4 Å². The average Bonchev–Trinajstić information content (AvgIpc) is 3.20. The van der Waals surface area contributed by atoms with Crippen LogP contribution in [0.5, 0.6) is 5.75 Å². The SMILES string of the molecule is CC(=O)Nc1ccccc1OCC(=O)N[C@H](c1ccc(C)cc1)c1cccs1. The second-order valence-electron chi connectivity index (χ2n) is 6.39. The van der Waals surface area contributed by atoms with Crippen molar-refractivity contribution >= 4 is 28.8 Å². The van der Waals surface area contributed by atoms with Crippen LogP contribution in [-0.2, 0) is 9.59 Å². The summed E-state index contributed by atoms with van der Waals surface area (Å²) in [6.07, 6.45) is 0. The van der Waals surface area contributed by atoms with E-state index in [1.165, 1.54) is 6.92 Å². The average molecular weight is 394 g/mol. The number of hydrogen-bond donors (Lipinski definition) is 2. The smallest absolute Gasteiger partial charge is 0.258 e. The molecule has 2 amide bonds. The summed E-state index contributed by atoms with van der Waals surface area (Å²) >= 11 is 1.59. The second-order valence-corrected chi connectivity index (χ2v) is 7.37. The molecule has 0 spiro atoms. The van der Waals surface area contributed by atoms with Gasteiger partial charge in [-0.25, -0.2) is 0 Å². The standard InChI is InChI=1S/C22H22N2O3S/c1-15-9-11-17(12-10-15)22(20-8-5-13-28-20)24-21(26)14-27-19-7-4-3-6-18(19)23-16(2)25/h3-13,22H,14H2,1-2H3,(H,23,25)(H,24,26)/t22-/m1/s1. The Hall–Kier alpha value is -3.12. The maximum absolute atomic E-state index is 12.6. The third kappa shape index (κ3) is 5.20. The molecule has 1 heterocycles. The van der Waals surface area contributed by atoms with Gasteiger partial charge in [-0.1, -0.05) is 48.0 Å². The first-order valence-electron chi connectivity index (χ1n) is 8.91. The van der Waals surface area contributed by atoms with Crippen LogP contribution in [0.25, 0.3) is 0 Å². The number of anilines is 1. The van der Waals surface area contributed by atoms with Gasteiger partial charge >= 0.3 is 0 Å². The first kappa shape index (κ1) is 19.6. The number of carbonyl (C=O) groups is 2. The van der Waals surface area contributed by atoms with Crippen LogP contribution < -0.4 is 15.4 Å². The van der Waals surface area contributed by atoms with Crippen molar-refractivity contribution in [2.75, 3.05) is 11.9 Å². The largest absolute Gasteiger partial charge is 0.482 e. The van der Waals surface area contributed by atoms with Crippen molar-refractivity contribution in [1.29, 1.82) is 0 Å². The van der Waals surface area contributed by atoms with Crippen molar-refractivity contribution in [2.24, 2.45) is 0 Å². The maximum Gasteiger partial charge on any atom is 0.258 e. The highest BCUT2D eigenvalue weighted by Gasteiger charge is 2.18. The molecule has 0 aliphatic carbocycles. The lowest BCUT2D eigenvalue weighted by Gasteiger charge is -2.19. The first-order valence-corrected chi connectivity index (χ1v) is 9.79. The number of benzene rings is 2. The van der Waals surface area contributed by atoms with Crippen molar-refractivity contribution in [2.45, 2.75) is 19.9 Å². The number of amides is 2. The molecular formula is C22H22N2O3S. The Bertz CT molecular complexity index is 937. The van der Waals surface area contributed by atoms with Crippen LogP contribution in [0.15, 0.2) is 66.0 Å². The van der Waals surface area contributed by atoms with E-state index in [4.69, 9.17) is 4.74 Å². The van der Waals surface area contributed by atoms with E-state index < -0.39 is 0 Å². The lowest BCUT2D eigenvalue weighted by molar-refractivity contribution is -0.123. The monoisotopic (exact) mass is 394 g/mol. The summed E-state index contributed by atoms with van der Waals surface area (Å²) in [4.78, 5) is 24.9. The first-order chi connectivity index (χ1) is 13.5. The molecule has 0 radical (unpaired) electrons. The summed E-state index contributed by atoms with van der Waals surface area (Å²) in [7, 11) is 0. The van der Waals surface area contributed by atoms with Crippen LogP contribution in [-0.4, -0.2) is 18.4 Å². The molecule has 0 aliphatic heterocycles. The van der Waals surface area contributed by atoms with Gasteiger partial charge in [-0.05, 0) is 36.1 Å². The second kappa shape index (κ2) is 9.19. The summed E-state index contributed by atoms with van der Waals surface area (Å²) in [5.74, 6) is 0.0186. The van der Waals surface area contributed by atoms with Gasteiger partial charge in [0.25, 0.3) is 5.91 Å². The van der Waals surface area contributed by atoms with Crippen LogP contribution in [0.4, 0.5) is 5.69 Å². The summed E-state index contributed by atoms with van der Waals surface area (Å²) in [6, 6.07) is 18.9. The van der Waals surface area contributed by atoms with Gasteiger partial charge in [0.1, 0.15) is 5.75 Å². The molecule has 1 atom stereocenters. The molecule has 2 N–H and O–H groups in total. The Labute approximate surface area is 168 Å². The van der Waals surface area contributed by atoms with Crippen LogP contribution in [0.3, 0.4) is 0 Å². The molecule has 3 aromatic rings. The van der Waals surface area contributed by atoms with Gasteiger partial charge < -0.3 is 15.4 Å². The third-order valence-electron chi connectivity index (χ3n) is 4.10. The molecule has 1 aromatic heterocycles. The van der Waals surface area contributed by atoms with Crippen molar-refractivity contribution < 1.29 is 14.3 Å². The number of nitrogens with one attached hydrogen (secondary N) is 2. The highest BCUT2D eigenvalue weighted by molar-refractivity contribution is 7.10. The van der Waals surface area contributed by atoms with Crippen LogP contribution in [0.1, 0.15) is 29.0 Å². The number of thiophene rings is 1. The predicted octanol–water partition coefficient (Wildman–Crippen LogP) is 4.30. The Morgan fingerprint density at radius 2 is 1.79 bits per heavy atom. The number of para-hydroxylation sites is 2. The van der Waals surface area contributed by atoms with Gasteiger partial charge in [0.15, 0.2) is 6.61 Å². The fraction of sp³-hybridized carbons (Fsp3) is 0.182. The van der Waals surface area contributed by atoms with E-state index in [9.17, 15) is 9.59 Å². The summed E-state index contributed by atoms with van der Waals surface area (Å²) in [5.41, 5.74) is 2.72. The number of aryl methyl sites for hydroxylation is 1. The van der Waals surface area contributed by atoms with E-state index in [-0.39, 0.29) is 24.5 Å². The zero-order valence-corrected chi connectivity index (χ0v) is 16.6. The molecule has 28 heavy (non-hydrogen) atoms. The minimum absolute atomic E-state index is 0.148. The van der Waals surface area contributed by atoms with Gasteiger partial charge in [-0.2, -0.15) is 0 Å². The molecule has 0 saturated carbocycles. The lowest BCUT2D eigenvalue weighted by Crippen LogP contribution is -2.33. The number of ether oxygens (including phenoxy) is 1. The molecule has 3 rings (SSSR count). The zero-order chi connectivity index (χ0) is 19.9. The number of rotatable bonds is 7. The highest BCUT2D eigenvalue weighted by atomic mass is 32.1. The lowest BCUT2D eigenvalue weighted by atomic mass is 10.0. The molecule has 0 fully saturated rings. The van der Waals surface area contributed by atoms with E-state index in [0.29, 0.717) is 11.4 Å². The summed E-state index contributed by atoms with van der Waals surface area (Å²) < 4.78 is 5.65. The molecule has 0 saturated heterocycles. The van der Waals surface area contributed by atoms with Gasteiger partial charge in [-0.15, -0.1) is 11.3 Å². The normalized spacial score (nSPS) is 11.5. The van der Waals surface area contributed by atoms with E-state index in [1.807, 2.05) is 48.7 Å². The van der Waals surface area contributed by atoms with Crippen LogP contribution in [0, 0.1) is 6.92 Å². The zero-order valence-electron chi connectivity index (χ0n) is 15.8. The van der Waals surface area contributed by atoms with Crippen molar-refractivity contribution in [3.63, 3.8) is 0 Å². The van der Waals surface area contributed by atoms with Crippen molar-refractivity contribution in [3.05, 3.63) is 82.0 Å². The third-order valence-corrected chi connectivity index (χ3v) is 5.04. The molecule has 2 aromatic carbocycles. The Morgan fingerprint density at radius 3 is 2.46 bits per heavy atom. The summed E-state index contributed by atoms with van der Waals surface area (Å²) in [6.45, 7) is 3.31. The van der Waals surface area contributed by atoms with E-state index in [2.05, 4.69) is 10.6 Å². The van der Waals surface area contributed by atoms with Crippen molar-refractivity contribution in [3.8, 4) is 5.75 Å². The molecule has 5 nitrogen and oxygen atoms in total. The van der Waals surface area contributed by atoms with Gasteiger partial charge in [0.05, 0.1) is 11.7 Å². The number of hydrogen-bond acceptors (Lipinski definition) is 4. The van der Waals surface area contributed by atoms with E-state index >= 15 is 0 Å². The van der Waals surface area contributed by atoms with E-state index in [0.717, 1.165) is 16.0 Å². The molecule has 144 valence electrons. The van der Waals surface area contributed by atoms with Gasteiger partial charge in [-0.3, -0.25) is 9.59 Å². The predicted molar refractivity (Wildman–Crippen MR) is 112 cm³/mol. The van der Waals surface area contributed by atoms with Gasteiger partial charge in [0.2, 0.25) is 5.91 Å². The summed E-state index contributed by atoms with van der Waals surface area (Å²) in [5, 5.41) is 7.73. The molecule has 0 aliphatic rings. The molecule has 6 heteroatoms. The van der Waals surface area contributed by atoms with E-state index in [1.54, 1.807) is 35.6 Å².